The van der Waals surface area contributed by atoms with Crippen LogP contribution in [0.5, 0.6) is 0 Å². The minimum Gasteiger partial charge on any atom is -0.383 e. The Labute approximate surface area is 75.4 Å². The number of nitrogens with zero attached hydrogens (tertiary/aromatic N) is 2. The van der Waals surface area contributed by atoms with Crippen LogP contribution >= 0.6 is 0 Å². The lowest BCUT2D eigenvalue weighted by Gasteiger charge is -2.04. The molecule has 68 valence electrons. The normalized spacial score (nSPS) is 19.8. The van der Waals surface area contributed by atoms with Crippen LogP contribution in [0.3, 0.4) is 0 Å². The monoisotopic (exact) mass is 178 g/mol. The highest BCUT2D eigenvalue weighted by molar-refractivity contribution is 6.02. The number of rotatable bonds is 0. The number of carbonyl (C=O) groups is 1. The Kier molecular flexibility index (Phi) is 1.48. The van der Waals surface area contributed by atoms with Crippen molar-refractivity contribution in [2.75, 3.05) is 11.1 Å². The first-order valence-corrected chi connectivity index (χ1v) is 4.04. The van der Waals surface area contributed by atoms with Crippen molar-refractivity contribution in [3.05, 3.63) is 11.4 Å². The average Bonchev–Trinajstić information content (AvgIpc) is 2.27. The Hall–Kier alpha value is -1.65. The van der Waals surface area contributed by atoms with E-state index in [1.54, 1.807) is 13.8 Å². The molecule has 0 aromatic carbocycles. The molecular weight excluding hydrogens is 168 g/mol. The van der Waals surface area contributed by atoms with E-state index in [1.165, 1.54) is 0 Å². The molecule has 1 aromatic rings. The van der Waals surface area contributed by atoms with Crippen molar-refractivity contribution in [2.45, 2.75) is 19.8 Å². The molecule has 0 saturated carbocycles. The topological polar surface area (TPSA) is 80.9 Å². The van der Waals surface area contributed by atoms with Crippen LogP contribution in [-0.2, 0) is 4.79 Å². The molecule has 0 spiro atoms. The van der Waals surface area contributed by atoms with Gasteiger partial charge >= 0.3 is 0 Å². The van der Waals surface area contributed by atoms with Crippen molar-refractivity contribution in [1.29, 1.82) is 0 Å². The molecule has 5 nitrogen and oxygen atoms in total. The lowest BCUT2D eigenvalue weighted by atomic mass is 10.1. The summed E-state index contributed by atoms with van der Waals surface area (Å²) in [5.74, 6) is 1.22. The van der Waals surface area contributed by atoms with Crippen LogP contribution in [0, 0.1) is 6.92 Å². The number of nitrogens with one attached hydrogen (secondary N) is 1. The van der Waals surface area contributed by atoms with Gasteiger partial charge in [0, 0.05) is 5.56 Å². The number of carbonyl (C=O) groups excluding carboxylic acids is 1. The van der Waals surface area contributed by atoms with Gasteiger partial charge in [-0.25, -0.2) is 9.97 Å². The Balaban J connectivity index is 2.64. The third kappa shape index (κ3) is 1.04. The Bertz CT molecular complexity index is 388. The molecule has 0 aliphatic carbocycles. The summed E-state index contributed by atoms with van der Waals surface area (Å²) in [7, 11) is 0. The summed E-state index contributed by atoms with van der Waals surface area (Å²) in [6, 6.07) is 0. The molecule has 0 fully saturated rings. The van der Waals surface area contributed by atoms with E-state index in [2.05, 4.69) is 15.3 Å². The molecule has 1 amide bonds. The molecule has 0 saturated heterocycles. The van der Waals surface area contributed by atoms with Gasteiger partial charge in [-0.3, -0.25) is 4.79 Å². The standard InChI is InChI=1S/C8H10N4O/c1-3-5-6(9)10-4(2)11-7(5)12-8(3)13/h3H,1-2H3,(H3,9,10,11,12,13). The third-order valence-electron chi connectivity index (χ3n) is 2.15. The summed E-state index contributed by atoms with van der Waals surface area (Å²) in [5, 5.41) is 2.66. The molecule has 2 heterocycles. The Morgan fingerprint density at radius 2 is 2.15 bits per heavy atom. The van der Waals surface area contributed by atoms with Crippen LogP contribution in [0.15, 0.2) is 0 Å². The summed E-state index contributed by atoms with van der Waals surface area (Å²) >= 11 is 0. The molecule has 13 heavy (non-hydrogen) atoms. The number of amides is 1. The number of hydrogen-bond acceptors (Lipinski definition) is 4. The van der Waals surface area contributed by atoms with Crippen molar-refractivity contribution in [3.8, 4) is 0 Å². The Morgan fingerprint density at radius 3 is 2.85 bits per heavy atom. The summed E-state index contributed by atoms with van der Waals surface area (Å²) < 4.78 is 0. The van der Waals surface area contributed by atoms with Gasteiger partial charge in [0.05, 0.1) is 5.92 Å². The van der Waals surface area contributed by atoms with E-state index in [0.29, 0.717) is 17.5 Å². The molecular formula is C8H10N4O. The number of fused-ring (bicyclic) bond motifs is 1. The first-order chi connectivity index (χ1) is 6.09. The molecule has 2 rings (SSSR count). The molecule has 1 aliphatic rings. The number of aromatic nitrogens is 2. The minimum absolute atomic E-state index is 0.0680. The van der Waals surface area contributed by atoms with E-state index in [-0.39, 0.29) is 11.8 Å². The van der Waals surface area contributed by atoms with Crippen LogP contribution in [0.25, 0.3) is 0 Å². The molecule has 1 unspecified atom stereocenters. The van der Waals surface area contributed by atoms with Crippen LogP contribution < -0.4 is 11.1 Å². The summed E-state index contributed by atoms with van der Waals surface area (Å²) in [4.78, 5) is 19.4. The van der Waals surface area contributed by atoms with E-state index < -0.39 is 0 Å². The first-order valence-electron chi connectivity index (χ1n) is 4.04. The zero-order valence-electron chi connectivity index (χ0n) is 7.46. The zero-order chi connectivity index (χ0) is 9.59. The van der Waals surface area contributed by atoms with Gasteiger partial charge in [0.1, 0.15) is 17.5 Å². The van der Waals surface area contributed by atoms with Crippen molar-refractivity contribution >= 4 is 17.5 Å². The lowest BCUT2D eigenvalue weighted by molar-refractivity contribution is -0.116. The fraction of sp³-hybridized carbons (Fsp3) is 0.375. The summed E-state index contributed by atoms with van der Waals surface area (Å²) in [5.41, 5.74) is 6.40. The van der Waals surface area contributed by atoms with E-state index in [4.69, 9.17) is 5.73 Å². The maximum atomic E-state index is 11.3. The van der Waals surface area contributed by atoms with Gasteiger partial charge in [0.2, 0.25) is 5.91 Å². The Morgan fingerprint density at radius 1 is 1.46 bits per heavy atom. The van der Waals surface area contributed by atoms with Crippen molar-refractivity contribution in [3.63, 3.8) is 0 Å². The number of anilines is 2. The van der Waals surface area contributed by atoms with E-state index >= 15 is 0 Å². The second kappa shape index (κ2) is 2.42. The number of aryl methyl sites for hydroxylation is 1. The highest BCUT2D eigenvalue weighted by atomic mass is 16.2. The second-order valence-corrected chi connectivity index (χ2v) is 3.13. The smallest absolute Gasteiger partial charge is 0.233 e. The van der Waals surface area contributed by atoms with E-state index in [0.717, 1.165) is 5.56 Å². The van der Waals surface area contributed by atoms with Crippen molar-refractivity contribution in [2.24, 2.45) is 0 Å². The number of hydrogen-bond donors (Lipinski definition) is 2. The predicted octanol–water partition coefficient (Wildman–Crippen LogP) is 0.423. The van der Waals surface area contributed by atoms with Gasteiger partial charge in [-0.1, -0.05) is 0 Å². The van der Waals surface area contributed by atoms with Crippen molar-refractivity contribution in [1.82, 2.24) is 9.97 Å². The average molecular weight is 178 g/mol. The molecule has 1 aliphatic heterocycles. The van der Waals surface area contributed by atoms with E-state index in [9.17, 15) is 4.79 Å². The van der Waals surface area contributed by atoms with Crippen LogP contribution in [-0.4, -0.2) is 15.9 Å². The maximum Gasteiger partial charge on any atom is 0.233 e. The van der Waals surface area contributed by atoms with Gasteiger partial charge in [-0.2, -0.15) is 0 Å². The third-order valence-corrected chi connectivity index (χ3v) is 2.15. The van der Waals surface area contributed by atoms with Gasteiger partial charge in [0.25, 0.3) is 0 Å². The van der Waals surface area contributed by atoms with Gasteiger partial charge in [0.15, 0.2) is 0 Å². The fourth-order valence-electron chi connectivity index (χ4n) is 1.48. The SMILES string of the molecule is Cc1nc(N)c2c(n1)NC(=O)C2C. The van der Waals surface area contributed by atoms with Crippen molar-refractivity contribution < 1.29 is 4.79 Å². The van der Waals surface area contributed by atoms with Crippen LogP contribution in [0.2, 0.25) is 0 Å². The van der Waals surface area contributed by atoms with Gasteiger partial charge in [-0.15, -0.1) is 0 Å². The maximum absolute atomic E-state index is 11.3. The van der Waals surface area contributed by atoms with Gasteiger partial charge in [-0.05, 0) is 13.8 Å². The van der Waals surface area contributed by atoms with Crippen LogP contribution in [0.4, 0.5) is 11.6 Å². The largest absolute Gasteiger partial charge is 0.383 e. The quantitative estimate of drug-likeness (QED) is 0.603. The fourth-order valence-corrected chi connectivity index (χ4v) is 1.48. The summed E-state index contributed by atoms with van der Waals surface area (Å²) in [6.45, 7) is 3.53. The number of nitrogens with two attached hydrogens (primary N) is 1. The zero-order valence-corrected chi connectivity index (χ0v) is 7.46. The lowest BCUT2D eigenvalue weighted by Crippen LogP contribution is -2.09. The molecule has 1 atom stereocenters. The molecule has 0 bridgehead atoms. The minimum atomic E-state index is -0.240. The van der Waals surface area contributed by atoms with Gasteiger partial charge < -0.3 is 11.1 Å². The summed E-state index contributed by atoms with van der Waals surface area (Å²) in [6.07, 6.45) is 0. The molecule has 3 N–H and O–H groups in total. The second-order valence-electron chi connectivity index (χ2n) is 3.13. The van der Waals surface area contributed by atoms with E-state index in [1.807, 2.05) is 0 Å². The highest BCUT2D eigenvalue weighted by Crippen LogP contribution is 2.33. The highest BCUT2D eigenvalue weighted by Gasteiger charge is 2.30. The first kappa shape index (κ1) is 7.97. The molecule has 0 radical (unpaired) electrons. The van der Waals surface area contributed by atoms with Crippen LogP contribution in [0.1, 0.15) is 24.2 Å². The molecule has 5 heteroatoms. The predicted molar refractivity (Wildman–Crippen MR) is 48.2 cm³/mol. The number of nitrogen functional groups attached to an aromatic ring is 1. The molecule has 1 aromatic heterocycles.